The predicted octanol–water partition coefficient (Wildman–Crippen LogP) is 5.10. The molecule has 2 aromatic carbocycles. The molecule has 104 valence electrons. The van der Waals surface area contributed by atoms with Gasteiger partial charge in [-0.2, -0.15) is 0 Å². The van der Waals surface area contributed by atoms with Crippen LogP contribution in [0.1, 0.15) is 22.3 Å². The summed E-state index contributed by atoms with van der Waals surface area (Å²) in [5, 5.41) is 0. The van der Waals surface area contributed by atoms with E-state index in [0.29, 0.717) is 0 Å². The van der Waals surface area contributed by atoms with Crippen molar-refractivity contribution >= 4 is 31.9 Å². The van der Waals surface area contributed by atoms with E-state index in [1.54, 1.807) is 7.11 Å². The van der Waals surface area contributed by atoms with Crippen LogP contribution >= 0.6 is 31.9 Å². The van der Waals surface area contributed by atoms with E-state index in [1.165, 1.54) is 31.2 Å². The first-order valence-electron chi connectivity index (χ1n) is 6.80. The molecule has 0 heterocycles. The lowest BCUT2D eigenvalue weighted by Gasteiger charge is -2.16. The SMILES string of the molecule is COc1cc2c(Br)cc1CCc1ccc(cc1Br)CC2. The minimum Gasteiger partial charge on any atom is -0.496 e. The van der Waals surface area contributed by atoms with Crippen LogP contribution in [0.2, 0.25) is 0 Å². The fraction of sp³-hybridized carbons (Fsp3) is 0.294. The second-order valence-corrected chi connectivity index (χ2v) is 6.89. The molecule has 0 fully saturated rings. The molecular weight excluding hydrogens is 380 g/mol. The van der Waals surface area contributed by atoms with E-state index in [0.717, 1.165) is 31.4 Å². The quantitative estimate of drug-likeness (QED) is 0.652. The molecule has 0 amide bonds. The molecule has 0 N–H and O–H groups in total. The maximum Gasteiger partial charge on any atom is 0.122 e. The second-order valence-electron chi connectivity index (χ2n) is 5.18. The highest BCUT2D eigenvalue weighted by molar-refractivity contribution is 9.10. The number of aryl methyl sites for hydroxylation is 4. The lowest BCUT2D eigenvalue weighted by Crippen LogP contribution is -2.02. The normalized spacial score (nSPS) is 13.9. The van der Waals surface area contributed by atoms with Crippen molar-refractivity contribution in [3.63, 3.8) is 0 Å². The number of hydrogen-bond donors (Lipinski definition) is 0. The fourth-order valence-electron chi connectivity index (χ4n) is 2.71. The molecule has 2 aromatic rings. The Morgan fingerprint density at radius 1 is 0.800 bits per heavy atom. The van der Waals surface area contributed by atoms with Gasteiger partial charge in [0.25, 0.3) is 0 Å². The van der Waals surface area contributed by atoms with Gasteiger partial charge in [0, 0.05) is 8.95 Å². The third-order valence-electron chi connectivity index (χ3n) is 3.91. The minimum atomic E-state index is 0.986. The van der Waals surface area contributed by atoms with Crippen LogP contribution in [-0.4, -0.2) is 7.11 Å². The highest BCUT2D eigenvalue weighted by Gasteiger charge is 2.12. The van der Waals surface area contributed by atoms with Crippen LogP contribution in [0, 0.1) is 0 Å². The fourth-order valence-corrected chi connectivity index (χ4v) is 3.92. The summed E-state index contributed by atoms with van der Waals surface area (Å²) in [5.41, 5.74) is 5.30. The van der Waals surface area contributed by atoms with Gasteiger partial charge in [0.2, 0.25) is 0 Å². The van der Waals surface area contributed by atoms with Crippen LogP contribution in [0.25, 0.3) is 0 Å². The average Bonchev–Trinajstić information content (AvgIpc) is 2.43. The Morgan fingerprint density at radius 3 is 2.25 bits per heavy atom. The van der Waals surface area contributed by atoms with Gasteiger partial charge in [-0.15, -0.1) is 0 Å². The first-order chi connectivity index (χ1) is 9.67. The van der Waals surface area contributed by atoms with Crippen molar-refractivity contribution in [2.45, 2.75) is 25.7 Å². The smallest absolute Gasteiger partial charge is 0.122 e. The van der Waals surface area contributed by atoms with Crippen molar-refractivity contribution < 1.29 is 4.74 Å². The number of ether oxygens (including phenoxy) is 1. The largest absolute Gasteiger partial charge is 0.496 e. The maximum absolute atomic E-state index is 5.56. The molecule has 20 heavy (non-hydrogen) atoms. The lowest BCUT2D eigenvalue weighted by atomic mass is 9.96. The molecule has 0 spiro atoms. The highest BCUT2D eigenvalue weighted by Crippen LogP contribution is 2.31. The Kier molecular flexibility index (Phi) is 4.18. The lowest BCUT2D eigenvalue weighted by molar-refractivity contribution is 0.409. The molecule has 4 aliphatic rings. The van der Waals surface area contributed by atoms with Gasteiger partial charge in [0.15, 0.2) is 0 Å². The summed E-state index contributed by atoms with van der Waals surface area (Å²) in [7, 11) is 1.76. The Labute approximate surface area is 136 Å². The monoisotopic (exact) mass is 394 g/mol. The van der Waals surface area contributed by atoms with Crippen molar-refractivity contribution in [3.8, 4) is 5.75 Å². The molecule has 0 radical (unpaired) electrons. The molecule has 0 aromatic heterocycles. The minimum absolute atomic E-state index is 0.986. The van der Waals surface area contributed by atoms with E-state index in [-0.39, 0.29) is 0 Å². The molecule has 0 saturated heterocycles. The zero-order valence-electron chi connectivity index (χ0n) is 11.4. The van der Waals surface area contributed by atoms with Gasteiger partial charge in [0.1, 0.15) is 5.75 Å². The molecule has 4 aliphatic carbocycles. The topological polar surface area (TPSA) is 9.23 Å². The van der Waals surface area contributed by atoms with Crippen LogP contribution in [-0.2, 0) is 25.7 Å². The van der Waals surface area contributed by atoms with E-state index in [4.69, 9.17) is 4.74 Å². The van der Waals surface area contributed by atoms with Crippen LogP contribution in [0.4, 0.5) is 0 Å². The second kappa shape index (κ2) is 5.90. The number of rotatable bonds is 1. The Bertz CT molecular complexity index is 650. The van der Waals surface area contributed by atoms with E-state index < -0.39 is 0 Å². The molecule has 0 atom stereocenters. The number of benzene rings is 2. The Hall–Kier alpha value is -0.800. The summed E-state index contributed by atoms with van der Waals surface area (Å²) in [6.45, 7) is 0. The maximum atomic E-state index is 5.56. The average molecular weight is 396 g/mol. The molecule has 0 unspecified atom stereocenters. The Balaban J connectivity index is 2.07. The Morgan fingerprint density at radius 2 is 1.50 bits per heavy atom. The van der Waals surface area contributed by atoms with Gasteiger partial charge in [-0.05, 0) is 66.1 Å². The van der Waals surface area contributed by atoms with Crippen molar-refractivity contribution in [1.29, 1.82) is 0 Å². The molecule has 4 bridgehead atoms. The third kappa shape index (κ3) is 2.79. The van der Waals surface area contributed by atoms with E-state index in [1.807, 2.05) is 0 Å². The van der Waals surface area contributed by atoms with Gasteiger partial charge < -0.3 is 4.74 Å². The van der Waals surface area contributed by atoms with Gasteiger partial charge in [0.05, 0.1) is 7.11 Å². The van der Waals surface area contributed by atoms with Crippen LogP contribution in [0.15, 0.2) is 39.3 Å². The van der Waals surface area contributed by atoms with Crippen molar-refractivity contribution in [2.24, 2.45) is 0 Å². The molecule has 1 nitrogen and oxygen atoms in total. The number of hydrogen-bond acceptors (Lipinski definition) is 1. The summed E-state index contributed by atoms with van der Waals surface area (Å²) < 4.78 is 7.98. The van der Waals surface area contributed by atoms with Gasteiger partial charge in [-0.1, -0.05) is 44.0 Å². The number of methoxy groups -OCH3 is 1. The summed E-state index contributed by atoms with van der Waals surface area (Å²) in [6.07, 6.45) is 4.06. The van der Waals surface area contributed by atoms with Crippen LogP contribution in [0.5, 0.6) is 5.75 Å². The zero-order chi connectivity index (χ0) is 14.1. The molecule has 0 saturated carbocycles. The zero-order valence-corrected chi connectivity index (χ0v) is 14.6. The van der Waals surface area contributed by atoms with E-state index in [9.17, 15) is 0 Å². The molecular formula is C17H16Br2O. The van der Waals surface area contributed by atoms with E-state index in [2.05, 4.69) is 62.2 Å². The summed E-state index contributed by atoms with van der Waals surface area (Å²) in [6, 6.07) is 11.2. The van der Waals surface area contributed by atoms with Crippen molar-refractivity contribution in [1.82, 2.24) is 0 Å². The number of halogens is 2. The van der Waals surface area contributed by atoms with Gasteiger partial charge in [-0.25, -0.2) is 0 Å². The molecule has 3 heteroatoms. The molecule has 0 aliphatic heterocycles. The third-order valence-corrected chi connectivity index (χ3v) is 5.39. The first-order valence-corrected chi connectivity index (χ1v) is 8.38. The summed E-state index contributed by atoms with van der Waals surface area (Å²) in [4.78, 5) is 0. The van der Waals surface area contributed by atoms with Crippen LogP contribution < -0.4 is 4.74 Å². The summed E-state index contributed by atoms with van der Waals surface area (Å²) in [5.74, 6) is 1.01. The van der Waals surface area contributed by atoms with Crippen molar-refractivity contribution in [3.05, 3.63) is 61.5 Å². The van der Waals surface area contributed by atoms with Crippen molar-refractivity contribution in [2.75, 3.05) is 7.11 Å². The van der Waals surface area contributed by atoms with Gasteiger partial charge in [-0.3, -0.25) is 0 Å². The standard InChI is InChI=1S/C17H16Br2O/c1-20-17-10-13-5-3-11-2-4-12(15(18)8-11)6-7-14(17)9-16(13)19/h2,4,8-10H,3,5-7H2,1H3. The van der Waals surface area contributed by atoms with Gasteiger partial charge >= 0.3 is 0 Å². The molecule has 6 rings (SSSR count). The predicted molar refractivity (Wildman–Crippen MR) is 89.7 cm³/mol. The highest BCUT2D eigenvalue weighted by atomic mass is 79.9. The summed E-state index contributed by atoms with van der Waals surface area (Å²) >= 11 is 7.40. The first kappa shape index (κ1) is 14.2. The van der Waals surface area contributed by atoms with E-state index >= 15 is 0 Å². The van der Waals surface area contributed by atoms with Crippen LogP contribution in [0.3, 0.4) is 0 Å².